The van der Waals surface area contributed by atoms with Gasteiger partial charge < -0.3 is 10.6 Å². The fourth-order valence-corrected chi connectivity index (χ4v) is 3.47. The highest BCUT2D eigenvalue weighted by Gasteiger charge is 2.06. The van der Waals surface area contributed by atoms with E-state index < -0.39 is 0 Å². The molecule has 4 aromatic rings. The lowest BCUT2D eigenvalue weighted by Gasteiger charge is -2.07. The number of carbonyl (C=O) groups excluding carboxylic acids is 1. The van der Waals surface area contributed by atoms with Gasteiger partial charge in [0.1, 0.15) is 0 Å². The third kappa shape index (κ3) is 3.57. The summed E-state index contributed by atoms with van der Waals surface area (Å²) in [4.78, 5) is 16.7. The summed E-state index contributed by atoms with van der Waals surface area (Å²) in [5.41, 5.74) is 2.53. The van der Waals surface area contributed by atoms with Crippen molar-refractivity contribution in [2.24, 2.45) is 0 Å². The van der Waals surface area contributed by atoms with Crippen molar-refractivity contribution >= 4 is 32.6 Å². The predicted molar refractivity (Wildman–Crippen MR) is 104 cm³/mol. The van der Waals surface area contributed by atoms with Gasteiger partial charge in [-0.1, -0.05) is 23.5 Å². The molecule has 2 heterocycles. The van der Waals surface area contributed by atoms with Crippen LogP contribution in [0.25, 0.3) is 15.9 Å². The van der Waals surface area contributed by atoms with Gasteiger partial charge >= 0.3 is 0 Å². The van der Waals surface area contributed by atoms with E-state index >= 15 is 0 Å². The molecule has 0 bridgehead atoms. The highest BCUT2D eigenvalue weighted by atomic mass is 32.1. The number of amides is 1. The molecule has 130 valence electrons. The van der Waals surface area contributed by atoms with Crippen LogP contribution in [0.4, 0.5) is 5.13 Å². The molecule has 0 fully saturated rings. The number of nitrogens with zero attached hydrogens (tertiary/aromatic N) is 3. The molecule has 0 aliphatic heterocycles. The van der Waals surface area contributed by atoms with E-state index in [2.05, 4.69) is 20.7 Å². The number of rotatable bonds is 6. The standard InChI is InChI=1S/C19H17N5OS/c25-18(14-6-8-15(9-7-14)24-13-3-10-22-24)20-11-12-21-19-23-16-4-1-2-5-17(16)26-19/h1-10,13H,11-12H2,(H,20,25)(H,21,23). The maximum absolute atomic E-state index is 12.2. The first-order valence-electron chi connectivity index (χ1n) is 8.27. The summed E-state index contributed by atoms with van der Waals surface area (Å²) < 4.78 is 2.90. The Labute approximate surface area is 154 Å². The van der Waals surface area contributed by atoms with E-state index in [9.17, 15) is 4.79 Å². The number of anilines is 1. The fourth-order valence-electron chi connectivity index (χ4n) is 2.58. The molecule has 2 aromatic heterocycles. The highest BCUT2D eigenvalue weighted by Crippen LogP contribution is 2.24. The highest BCUT2D eigenvalue weighted by molar-refractivity contribution is 7.22. The third-order valence-electron chi connectivity index (χ3n) is 3.88. The average molecular weight is 363 g/mol. The second-order valence-corrected chi connectivity index (χ2v) is 6.70. The van der Waals surface area contributed by atoms with Gasteiger partial charge in [0.25, 0.3) is 5.91 Å². The minimum Gasteiger partial charge on any atom is -0.360 e. The number of hydrogen-bond acceptors (Lipinski definition) is 5. The largest absolute Gasteiger partial charge is 0.360 e. The molecule has 4 rings (SSSR count). The summed E-state index contributed by atoms with van der Waals surface area (Å²) in [6.45, 7) is 1.15. The number of benzene rings is 2. The van der Waals surface area contributed by atoms with Gasteiger partial charge in [0.15, 0.2) is 5.13 Å². The van der Waals surface area contributed by atoms with Crippen molar-refractivity contribution in [2.75, 3.05) is 18.4 Å². The lowest BCUT2D eigenvalue weighted by molar-refractivity contribution is 0.0955. The molecule has 0 aliphatic rings. The second-order valence-electron chi connectivity index (χ2n) is 5.67. The molecule has 0 unspecified atom stereocenters. The molecule has 0 radical (unpaired) electrons. The normalized spacial score (nSPS) is 10.8. The Kier molecular flexibility index (Phi) is 4.61. The Balaban J connectivity index is 1.28. The van der Waals surface area contributed by atoms with Crippen LogP contribution in [0, 0.1) is 0 Å². The van der Waals surface area contributed by atoms with Crippen molar-refractivity contribution in [3.05, 3.63) is 72.6 Å². The van der Waals surface area contributed by atoms with Crippen LogP contribution in [0.5, 0.6) is 0 Å². The van der Waals surface area contributed by atoms with Crippen LogP contribution in [0.2, 0.25) is 0 Å². The van der Waals surface area contributed by atoms with Crippen LogP contribution >= 0.6 is 11.3 Å². The second kappa shape index (κ2) is 7.37. The first-order valence-corrected chi connectivity index (χ1v) is 9.09. The molecule has 2 aromatic carbocycles. The zero-order chi connectivity index (χ0) is 17.8. The maximum atomic E-state index is 12.2. The Morgan fingerprint density at radius 2 is 1.88 bits per heavy atom. The SMILES string of the molecule is O=C(NCCNc1nc2ccccc2s1)c1ccc(-n2cccn2)cc1. The van der Waals surface area contributed by atoms with Crippen molar-refractivity contribution in [1.82, 2.24) is 20.1 Å². The zero-order valence-corrected chi connectivity index (χ0v) is 14.7. The Bertz CT molecular complexity index is 975. The average Bonchev–Trinajstić information content (AvgIpc) is 3.34. The topological polar surface area (TPSA) is 71.8 Å². The Morgan fingerprint density at radius 3 is 2.65 bits per heavy atom. The number of aromatic nitrogens is 3. The van der Waals surface area contributed by atoms with E-state index in [1.165, 1.54) is 0 Å². The van der Waals surface area contributed by atoms with E-state index in [0.717, 1.165) is 21.0 Å². The lowest BCUT2D eigenvalue weighted by atomic mass is 10.2. The Hall–Kier alpha value is -3.19. The minimum atomic E-state index is -0.0943. The van der Waals surface area contributed by atoms with Gasteiger partial charge in [0.05, 0.1) is 15.9 Å². The number of fused-ring (bicyclic) bond motifs is 1. The zero-order valence-electron chi connectivity index (χ0n) is 13.9. The van der Waals surface area contributed by atoms with Crippen LogP contribution < -0.4 is 10.6 Å². The molecular weight excluding hydrogens is 346 g/mol. The third-order valence-corrected chi connectivity index (χ3v) is 4.87. The van der Waals surface area contributed by atoms with Gasteiger partial charge in [-0.25, -0.2) is 9.67 Å². The fraction of sp³-hybridized carbons (Fsp3) is 0.105. The first kappa shape index (κ1) is 16.3. The molecule has 6 nitrogen and oxygen atoms in total. The first-order chi connectivity index (χ1) is 12.8. The van der Waals surface area contributed by atoms with Crippen molar-refractivity contribution < 1.29 is 4.79 Å². The van der Waals surface area contributed by atoms with Crippen molar-refractivity contribution in [3.63, 3.8) is 0 Å². The molecule has 7 heteroatoms. The summed E-state index contributed by atoms with van der Waals surface area (Å²) in [7, 11) is 0. The van der Waals surface area contributed by atoms with Crippen molar-refractivity contribution in [1.29, 1.82) is 0 Å². The van der Waals surface area contributed by atoms with Crippen LogP contribution in [0.1, 0.15) is 10.4 Å². The number of para-hydroxylation sites is 1. The minimum absolute atomic E-state index is 0.0943. The van der Waals surface area contributed by atoms with Gasteiger partial charge in [0, 0.05) is 31.0 Å². The van der Waals surface area contributed by atoms with E-state index in [4.69, 9.17) is 0 Å². The van der Waals surface area contributed by atoms with Crippen LogP contribution in [-0.4, -0.2) is 33.8 Å². The molecule has 2 N–H and O–H groups in total. The van der Waals surface area contributed by atoms with Crippen LogP contribution in [0.15, 0.2) is 67.0 Å². The molecule has 1 amide bonds. The van der Waals surface area contributed by atoms with Crippen molar-refractivity contribution in [2.45, 2.75) is 0 Å². The smallest absolute Gasteiger partial charge is 0.251 e. The maximum Gasteiger partial charge on any atom is 0.251 e. The monoisotopic (exact) mass is 363 g/mol. The van der Waals surface area contributed by atoms with Crippen LogP contribution in [-0.2, 0) is 0 Å². The number of carbonyl (C=O) groups is 1. The summed E-state index contributed by atoms with van der Waals surface area (Å²) in [5.74, 6) is -0.0943. The molecule has 0 spiro atoms. The quantitative estimate of drug-likeness (QED) is 0.516. The van der Waals surface area contributed by atoms with E-state index in [1.807, 2.05) is 48.7 Å². The Morgan fingerprint density at radius 1 is 1.04 bits per heavy atom. The number of thiazole rings is 1. The molecule has 26 heavy (non-hydrogen) atoms. The summed E-state index contributed by atoms with van der Waals surface area (Å²) >= 11 is 1.61. The predicted octanol–water partition coefficient (Wildman–Crippen LogP) is 3.32. The van der Waals surface area contributed by atoms with Gasteiger partial charge in [-0.3, -0.25) is 4.79 Å². The lowest BCUT2D eigenvalue weighted by Crippen LogP contribution is -2.28. The van der Waals surface area contributed by atoms with Gasteiger partial charge in [-0.2, -0.15) is 5.10 Å². The molecular formula is C19H17N5OS. The van der Waals surface area contributed by atoms with E-state index in [0.29, 0.717) is 18.7 Å². The molecule has 0 saturated carbocycles. The summed E-state index contributed by atoms with van der Waals surface area (Å²) in [6, 6.07) is 17.2. The summed E-state index contributed by atoms with van der Waals surface area (Å²) in [6.07, 6.45) is 3.59. The number of nitrogens with one attached hydrogen (secondary N) is 2. The molecule has 0 aliphatic carbocycles. The van der Waals surface area contributed by atoms with Gasteiger partial charge in [0.2, 0.25) is 0 Å². The molecule has 0 atom stereocenters. The molecule has 0 saturated heterocycles. The van der Waals surface area contributed by atoms with Gasteiger partial charge in [-0.15, -0.1) is 0 Å². The summed E-state index contributed by atoms with van der Waals surface area (Å²) in [5, 5.41) is 11.2. The van der Waals surface area contributed by atoms with E-state index in [1.54, 1.807) is 34.3 Å². The number of hydrogen-bond donors (Lipinski definition) is 2. The van der Waals surface area contributed by atoms with E-state index in [-0.39, 0.29) is 5.91 Å². The van der Waals surface area contributed by atoms with Crippen LogP contribution in [0.3, 0.4) is 0 Å². The van der Waals surface area contributed by atoms with Gasteiger partial charge in [-0.05, 0) is 42.5 Å². The van der Waals surface area contributed by atoms with Crippen molar-refractivity contribution in [3.8, 4) is 5.69 Å².